The van der Waals surface area contributed by atoms with Gasteiger partial charge in [0, 0.05) is 12.6 Å². The molecule has 0 aromatic carbocycles. The largest absolute Gasteiger partial charge is 0.304 e. The highest BCUT2D eigenvalue weighted by Gasteiger charge is 2.19. The van der Waals surface area contributed by atoms with E-state index in [1.54, 1.807) is 0 Å². The van der Waals surface area contributed by atoms with Crippen LogP contribution in [0, 0.1) is 5.92 Å². The Bertz CT molecular complexity index is 509. The molecule has 0 spiro atoms. The second-order valence-electron chi connectivity index (χ2n) is 5.25. The number of aromatic nitrogens is 2. The zero-order valence-corrected chi connectivity index (χ0v) is 11.0. The number of rotatable bonds is 3. The molecule has 3 nitrogen and oxygen atoms in total. The Morgan fingerprint density at radius 1 is 1.28 bits per heavy atom. The van der Waals surface area contributed by atoms with Crippen molar-refractivity contribution in [3.8, 4) is 0 Å². The molecule has 2 aromatic rings. The lowest BCUT2D eigenvalue weighted by Gasteiger charge is -2.30. The van der Waals surface area contributed by atoms with Gasteiger partial charge in [0.2, 0.25) is 0 Å². The molecule has 18 heavy (non-hydrogen) atoms. The lowest BCUT2D eigenvalue weighted by atomic mass is 9.93. The predicted molar refractivity (Wildman–Crippen MR) is 73.7 cm³/mol. The van der Waals surface area contributed by atoms with Gasteiger partial charge < -0.3 is 9.30 Å². The van der Waals surface area contributed by atoms with Crippen molar-refractivity contribution in [2.75, 3.05) is 19.6 Å². The minimum Gasteiger partial charge on any atom is -0.304 e. The fourth-order valence-corrected chi connectivity index (χ4v) is 2.92. The average molecular weight is 243 g/mol. The van der Waals surface area contributed by atoms with E-state index in [9.17, 15) is 0 Å². The number of nitrogens with zero attached hydrogens (tertiary/aromatic N) is 3. The molecule has 0 bridgehead atoms. The first kappa shape index (κ1) is 11.7. The second kappa shape index (κ2) is 5.11. The normalized spacial score (nSPS) is 18.5. The highest BCUT2D eigenvalue weighted by Crippen LogP contribution is 2.21. The van der Waals surface area contributed by atoms with Gasteiger partial charge in [-0.3, -0.25) is 0 Å². The standard InChI is InChI=1S/C15H21N3/c1-2-17-9-6-13(7-10-17)11-15-16-12-14-5-3-4-8-18(14)15/h3-5,8,12-13H,2,6-7,9-11H2,1H3. The molecule has 0 atom stereocenters. The van der Waals surface area contributed by atoms with Crippen LogP contribution in [0.15, 0.2) is 30.6 Å². The summed E-state index contributed by atoms with van der Waals surface area (Å²) in [5.74, 6) is 2.03. The van der Waals surface area contributed by atoms with E-state index in [-0.39, 0.29) is 0 Å². The third-order valence-corrected chi connectivity index (χ3v) is 4.14. The van der Waals surface area contributed by atoms with E-state index >= 15 is 0 Å². The summed E-state index contributed by atoms with van der Waals surface area (Å²) in [6.45, 7) is 5.95. The summed E-state index contributed by atoms with van der Waals surface area (Å²) in [4.78, 5) is 7.12. The number of hydrogen-bond acceptors (Lipinski definition) is 2. The second-order valence-corrected chi connectivity index (χ2v) is 5.25. The molecule has 3 heterocycles. The van der Waals surface area contributed by atoms with Gasteiger partial charge in [-0.05, 0) is 50.5 Å². The first-order valence-corrected chi connectivity index (χ1v) is 7.00. The molecule has 0 unspecified atom stereocenters. The zero-order valence-electron chi connectivity index (χ0n) is 11.0. The number of pyridine rings is 1. The number of likely N-dealkylation sites (tertiary alicyclic amines) is 1. The van der Waals surface area contributed by atoms with Crippen LogP contribution < -0.4 is 0 Å². The Balaban J connectivity index is 1.70. The van der Waals surface area contributed by atoms with E-state index in [1.807, 2.05) is 6.20 Å². The van der Waals surface area contributed by atoms with Crippen LogP contribution in [0.1, 0.15) is 25.6 Å². The number of piperidine rings is 1. The Hall–Kier alpha value is -1.35. The molecule has 1 fully saturated rings. The summed E-state index contributed by atoms with van der Waals surface area (Å²) in [6, 6.07) is 6.27. The van der Waals surface area contributed by atoms with Gasteiger partial charge in [-0.15, -0.1) is 0 Å². The Morgan fingerprint density at radius 2 is 2.11 bits per heavy atom. The van der Waals surface area contributed by atoms with Crippen molar-refractivity contribution in [2.24, 2.45) is 5.92 Å². The SMILES string of the molecule is CCN1CCC(Cc2ncc3ccccn23)CC1. The molecule has 1 saturated heterocycles. The van der Waals surface area contributed by atoms with Crippen LogP contribution in [0.5, 0.6) is 0 Å². The molecule has 96 valence electrons. The lowest BCUT2D eigenvalue weighted by Crippen LogP contribution is -2.34. The first-order chi connectivity index (χ1) is 8.86. The van der Waals surface area contributed by atoms with Crippen LogP contribution in [0.3, 0.4) is 0 Å². The van der Waals surface area contributed by atoms with Crippen molar-refractivity contribution in [1.82, 2.24) is 14.3 Å². The molecule has 1 aliphatic rings. The maximum absolute atomic E-state index is 4.58. The molecule has 0 aliphatic carbocycles. The maximum atomic E-state index is 4.58. The van der Waals surface area contributed by atoms with E-state index in [0.717, 1.165) is 12.3 Å². The smallest absolute Gasteiger partial charge is 0.113 e. The third kappa shape index (κ3) is 2.27. The number of hydrogen-bond donors (Lipinski definition) is 0. The molecule has 0 saturated carbocycles. The van der Waals surface area contributed by atoms with Crippen molar-refractivity contribution in [3.63, 3.8) is 0 Å². The summed E-state index contributed by atoms with van der Waals surface area (Å²) >= 11 is 0. The minimum absolute atomic E-state index is 0.804. The highest BCUT2D eigenvalue weighted by molar-refractivity contribution is 5.45. The zero-order chi connectivity index (χ0) is 12.4. The van der Waals surface area contributed by atoms with Crippen LogP contribution in [0.4, 0.5) is 0 Å². The molecule has 0 N–H and O–H groups in total. The Labute approximate surface area is 108 Å². The molecular formula is C15H21N3. The van der Waals surface area contributed by atoms with Crippen LogP contribution in [-0.2, 0) is 6.42 Å². The van der Waals surface area contributed by atoms with Crippen molar-refractivity contribution < 1.29 is 0 Å². The minimum atomic E-state index is 0.804. The number of fused-ring (bicyclic) bond motifs is 1. The average Bonchev–Trinajstić information content (AvgIpc) is 2.83. The van der Waals surface area contributed by atoms with Gasteiger partial charge >= 0.3 is 0 Å². The molecule has 2 aromatic heterocycles. The van der Waals surface area contributed by atoms with E-state index in [1.165, 1.54) is 43.8 Å². The summed E-state index contributed by atoms with van der Waals surface area (Å²) in [7, 11) is 0. The monoisotopic (exact) mass is 243 g/mol. The van der Waals surface area contributed by atoms with E-state index in [2.05, 4.69) is 45.6 Å². The molecule has 3 rings (SSSR count). The maximum Gasteiger partial charge on any atom is 0.113 e. The van der Waals surface area contributed by atoms with Crippen molar-refractivity contribution >= 4 is 5.52 Å². The van der Waals surface area contributed by atoms with Crippen LogP contribution in [0.2, 0.25) is 0 Å². The third-order valence-electron chi connectivity index (χ3n) is 4.14. The van der Waals surface area contributed by atoms with E-state index in [4.69, 9.17) is 0 Å². The summed E-state index contributed by atoms with van der Waals surface area (Å²) in [6.07, 6.45) is 7.86. The Morgan fingerprint density at radius 3 is 2.89 bits per heavy atom. The van der Waals surface area contributed by atoms with Crippen LogP contribution >= 0.6 is 0 Å². The van der Waals surface area contributed by atoms with Gasteiger partial charge in [0.15, 0.2) is 0 Å². The van der Waals surface area contributed by atoms with Gasteiger partial charge in [0.05, 0.1) is 11.7 Å². The first-order valence-electron chi connectivity index (χ1n) is 7.00. The molecule has 0 radical (unpaired) electrons. The van der Waals surface area contributed by atoms with Crippen LogP contribution in [0.25, 0.3) is 5.52 Å². The summed E-state index contributed by atoms with van der Waals surface area (Å²) < 4.78 is 2.23. The van der Waals surface area contributed by atoms with Gasteiger partial charge in [0.1, 0.15) is 5.82 Å². The van der Waals surface area contributed by atoms with E-state index in [0.29, 0.717) is 0 Å². The summed E-state index contributed by atoms with van der Waals surface area (Å²) in [5, 5.41) is 0. The van der Waals surface area contributed by atoms with Crippen LogP contribution in [-0.4, -0.2) is 33.9 Å². The Kier molecular flexibility index (Phi) is 3.33. The van der Waals surface area contributed by atoms with Gasteiger partial charge in [-0.2, -0.15) is 0 Å². The van der Waals surface area contributed by atoms with Crippen molar-refractivity contribution in [2.45, 2.75) is 26.2 Å². The topological polar surface area (TPSA) is 20.5 Å². The molecule has 3 heteroatoms. The fourth-order valence-electron chi connectivity index (χ4n) is 2.92. The van der Waals surface area contributed by atoms with E-state index < -0.39 is 0 Å². The predicted octanol–water partition coefficient (Wildman–Crippen LogP) is 2.61. The van der Waals surface area contributed by atoms with Gasteiger partial charge in [-0.1, -0.05) is 13.0 Å². The quantitative estimate of drug-likeness (QED) is 0.826. The fraction of sp³-hybridized carbons (Fsp3) is 0.533. The summed E-state index contributed by atoms with van der Waals surface area (Å²) in [5.41, 5.74) is 1.21. The lowest BCUT2D eigenvalue weighted by molar-refractivity contribution is 0.191. The molecule has 0 amide bonds. The molecule has 1 aliphatic heterocycles. The van der Waals surface area contributed by atoms with Gasteiger partial charge in [-0.25, -0.2) is 4.98 Å². The van der Waals surface area contributed by atoms with Crippen molar-refractivity contribution in [3.05, 3.63) is 36.4 Å². The number of imidazole rings is 1. The molecular weight excluding hydrogens is 222 g/mol. The van der Waals surface area contributed by atoms with Crippen molar-refractivity contribution in [1.29, 1.82) is 0 Å². The van der Waals surface area contributed by atoms with Gasteiger partial charge in [0.25, 0.3) is 0 Å². The highest BCUT2D eigenvalue weighted by atomic mass is 15.1.